The fourth-order valence-electron chi connectivity index (χ4n) is 2.61. The minimum Gasteiger partial charge on any atom is -0.366 e. The molecule has 0 bridgehead atoms. The molecule has 0 aromatic carbocycles. The van der Waals surface area contributed by atoms with Crippen LogP contribution in [0, 0.1) is 5.92 Å². The smallest absolute Gasteiger partial charge is 0.272 e. The van der Waals surface area contributed by atoms with Crippen LogP contribution in [0.3, 0.4) is 0 Å². The summed E-state index contributed by atoms with van der Waals surface area (Å²) in [5.74, 6) is -0.0272. The van der Waals surface area contributed by atoms with Crippen LogP contribution in [0.5, 0.6) is 0 Å². The minimum atomic E-state index is -0.533. The van der Waals surface area contributed by atoms with Gasteiger partial charge < -0.3 is 10.6 Å². The Hall–Kier alpha value is -1.91. The summed E-state index contributed by atoms with van der Waals surface area (Å²) in [4.78, 5) is 29.5. The second kappa shape index (κ2) is 6.03. The highest BCUT2D eigenvalue weighted by Crippen LogP contribution is 2.25. The van der Waals surface area contributed by atoms with E-state index in [1.807, 2.05) is 4.90 Å². The number of carbonyl (C=O) groups is 2. The van der Waals surface area contributed by atoms with Crippen molar-refractivity contribution in [1.29, 1.82) is 0 Å². The van der Waals surface area contributed by atoms with E-state index >= 15 is 0 Å². The summed E-state index contributed by atoms with van der Waals surface area (Å²) in [6.45, 7) is 5.01. The molecular formula is C15H21N3O2. The maximum Gasteiger partial charge on any atom is 0.272 e. The lowest BCUT2D eigenvalue weighted by Crippen LogP contribution is -2.45. The van der Waals surface area contributed by atoms with Crippen molar-refractivity contribution in [2.45, 2.75) is 39.2 Å². The summed E-state index contributed by atoms with van der Waals surface area (Å²) >= 11 is 0. The molecule has 2 heterocycles. The maximum absolute atomic E-state index is 12.5. The number of hydrogen-bond donors (Lipinski definition) is 1. The number of nitrogens with zero attached hydrogens (tertiary/aromatic N) is 2. The first kappa shape index (κ1) is 14.5. The highest BCUT2D eigenvalue weighted by molar-refractivity contribution is 5.95. The van der Waals surface area contributed by atoms with Gasteiger partial charge in [-0.05, 0) is 37.8 Å². The van der Waals surface area contributed by atoms with Gasteiger partial charge in [0.05, 0.1) is 5.56 Å². The number of nitrogens with two attached hydrogens (primary N) is 1. The van der Waals surface area contributed by atoms with E-state index in [4.69, 9.17) is 5.73 Å². The van der Waals surface area contributed by atoms with Gasteiger partial charge >= 0.3 is 0 Å². The molecule has 5 nitrogen and oxygen atoms in total. The number of likely N-dealkylation sites (tertiary alicyclic amines) is 1. The van der Waals surface area contributed by atoms with Gasteiger partial charge in [-0.15, -0.1) is 0 Å². The Bertz CT molecular complexity index is 498. The quantitative estimate of drug-likeness (QED) is 0.914. The molecule has 0 radical (unpaired) electrons. The first-order chi connectivity index (χ1) is 9.52. The summed E-state index contributed by atoms with van der Waals surface area (Å²) in [5, 5.41) is 0. The lowest BCUT2D eigenvalue weighted by molar-refractivity contribution is 0.0550. The summed E-state index contributed by atoms with van der Waals surface area (Å²) < 4.78 is 0. The largest absolute Gasteiger partial charge is 0.366 e. The van der Waals surface area contributed by atoms with E-state index in [-0.39, 0.29) is 11.9 Å². The molecule has 2 N–H and O–H groups in total. The molecule has 0 unspecified atom stereocenters. The Morgan fingerprint density at radius 2 is 2.15 bits per heavy atom. The highest BCUT2D eigenvalue weighted by Gasteiger charge is 2.29. The van der Waals surface area contributed by atoms with Crippen molar-refractivity contribution >= 4 is 11.8 Å². The normalized spacial score (nSPS) is 22.6. The zero-order chi connectivity index (χ0) is 14.7. The Morgan fingerprint density at radius 3 is 2.70 bits per heavy atom. The van der Waals surface area contributed by atoms with Gasteiger partial charge in [0.1, 0.15) is 5.69 Å². The summed E-state index contributed by atoms with van der Waals surface area (Å²) in [5.41, 5.74) is 5.86. The molecule has 1 aromatic rings. The number of rotatable bonds is 3. The molecule has 2 rings (SSSR count). The summed E-state index contributed by atoms with van der Waals surface area (Å²) in [6.07, 6.45) is 4.66. The molecule has 5 heteroatoms. The first-order valence-electron chi connectivity index (χ1n) is 7.09. The monoisotopic (exact) mass is 275 g/mol. The van der Waals surface area contributed by atoms with Gasteiger partial charge in [-0.2, -0.15) is 0 Å². The van der Waals surface area contributed by atoms with Crippen LogP contribution in [0.2, 0.25) is 0 Å². The van der Waals surface area contributed by atoms with Crippen molar-refractivity contribution in [1.82, 2.24) is 9.88 Å². The van der Waals surface area contributed by atoms with Crippen LogP contribution in [-0.4, -0.2) is 34.3 Å². The van der Waals surface area contributed by atoms with Crippen molar-refractivity contribution in [2.75, 3.05) is 6.54 Å². The number of aromatic nitrogens is 1. The molecule has 108 valence electrons. The van der Waals surface area contributed by atoms with Crippen molar-refractivity contribution in [3.8, 4) is 0 Å². The van der Waals surface area contributed by atoms with Crippen molar-refractivity contribution in [3.63, 3.8) is 0 Å². The molecule has 2 atom stereocenters. The predicted octanol–water partition coefficient (Wildman–Crippen LogP) is 1.83. The molecule has 0 aliphatic carbocycles. The minimum absolute atomic E-state index is 0.0633. The van der Waals surface area contributed by atoms with Crippen LogP contribution in [0.15, 0.2) is 18.3 Å². The lowest BCUT2D eigenvalue weighted by atomic mass is 9.91. The van der Waals surface area contributed by atoms with E-state index in [0.717, 1.165) is 19.4 Å². The van der Waals surface area contributed by atoms with Crippen LogP contribution >= 0.6 is 0 Å². The number of amides is 2. The average Bonchev–Trinajstić information content (AvgIpc) is 2.47. The van der Waals surface area contributed by atoms with Crippen LogP contribution < -0.4 is 5.73 Å². The molecule has 20 heavy (non-hydrogen) atoms. The maximum atomic E-state index is 12.5. The van der Waals surface area contributed by atoms with Crippen molar-refractivity contribution in [2.24, 2.45) is 11.7 Å². The van der Waals surface area contributed by atoms with Gasteiger partial charge in [-0.1, -0.05) is 13.3 Å². The molecule has 1 saturated heterocycles. The van der Waals surface area contributed by atoms with E-state index < -0.39 is 5.91 Å². The number of piperidine rings is 1. The zero-order valence-corrected chi connectivity index (χ0v) is 12.0. The fourth-order valence-corrected chi connectivity index (χ4v) is 2.61. The highest BCUT2D eigenvalue weighted by atomic mass is 16.2. The van der Waals surface area contributed by atoms with Gasteiger partial charge in [0.25, 0.3) is 5.91 Å². The molecular weight excluding hydrogens is 254 g/mol. The van der Waals surface area contributed by atoms with Crippen LogP contribution in [0.4, 0.5) is 0 Å². The Kier molecular flexibility index (Phi) is 4.37. The second-order valence-electron chi connectivity index (χ2n) is 5.45. The van der Waals surface area contributed by atoms with Crippen molar-refractivity contribution < 1.29 is 9.59 Å². The van der Waals surface area contributed by atoms with E-state index in [9.17, 15) is 9.59 Å². The fraction of sp³-hybridized carbons (Fsp3) is 0.533. The second-order valence-corrected chi connectivity index (χ2v) is 5.45. The standard InChI is InChI=1S/C15H21N3O2/c1-3-11-5-4-10(2)18(9-11)15(20)13-7-6-12(8-17-13)14(16)19/h6-8,10-11H,3-5,9H2,1-2H3,(H2,16,19)/t10-,11+/m1/s1. The van der Waals surface area contributed by atoms with E-state index in [2.05, 4.69) is 18.8 Å². The number of pyridine rings is 1. The van der Waals surface area contributed by atoms with Crippen LogP contribution in [0.1, 0.15) is 54.0 Å². The Morgan fingerprint density at radius 1 is 1.40 bits per heavy atom. The molecule has 0 spiro atoms. The molecule has 1 aromatic heterocycles. The van der Waals surface area contributed by atoms with E-state index in [1.54, 1.807) is 12.1 Å². The number of hydrogen-bond acceptors (Lipinski definition) is 3. The van der Waals surface area contributed by atoms with Crippen LogP contribution in [-0.2, 0) is 0 Å². The lowest BCUT2D eigenvalue weighted by Gasteiger charge is -2.37. The first-order valence-corrected chi connectivity index (χ1v) is 7.09. The molecule has 2 amide bonds. The Balaban J connectivity index is 2.15. The summed E-state index contributed by atoms with van der Waals surface area (Å²) in [6, 6.07) is 3.36. The van der Waals surface area contributed by atoms with Crippen LogP contribution in [0.25, 0.3) is 0 Å². The van der Waals surface area contributed by atoms with Crippen molar-refractivity contribution in [3.05, 3.63) is 29.6 Å². The van der Waals surface area contributed by atoms with Gasteiger partial charge in [0.15, 0.2) is 0 Å². The molecule has 1 aliphatic heterocycles. The SMILES string of the molecule is CC[C@H]1CC[C@@H](C)N(C(=O)c2ccc(C(N)=O)cn2)C1. The average molecular weight is 275 g/mol. The van der Waals surface area contributed by atoms with Gasteiger partial charge in [0, 0.05) is 18.8 Å². The third-order valence-electron chi connectivity index (χ3n) is 4.08. The number of carbonyl (C=O) groups excluding carboxylic acids is 2. The Labute approximate surface area is 119 Å². The zero-order valence-electron chi connectivity index (χ0n) is 12.0. The third kappa shape index (κ3) is 2.98. The molecule has 1 fully saturated rings. The van der Waals surface area contributed by atoms with Gasteiger partial charge in [0.2, 0.25) is 5.91 Å². The van der Waals surface area contributed by atoms with E-state index in [0.29, 0.717) is 17.2 Å². The number of primary amides is 1. The van der Waals surface area contributed by atoms with E-state index in [1.165, 1.54) is 12.6 Å². The summed E-state index contributed by atoms with van der Waals surface area (Å²) in [7, 11) is 0. The van der Waals surface area contributed by atoms with Gasteiger partial charge in [-0.25, -0.2) is 0 Å². The molecule has 0 saturated carbocycles. The predicted molar refractivity (Wildman–Crippen MR) is 76.3 cm³/mol. The molecule has 1 aliphatic rings. The van der Waals surface area contributed by atoms with Gasteiger partial charge in [-0.3, -0.25) is 14.6 Å². The topological polar surface area (TPSA) is 76.3 Å². The third-order valence-corrected chi connectivity index (χ3v) is 4.08.